The number of benzene rings is 2. The molecule has 1 unspecified atom stereocenters. The molecule has 1 N–H and O–H groups in total. The van der Waals surface area contributed by atoms with Gasteiger partial charge in [-0.05, 0) is 63.0 Å². The molecule has 0 aliphatic carbocycles. The van der Waals surface area contributed by atoms with Crippen LogP contribution in [0.2, 0.25) is 0 Å². The van der Waals surface area contributed by atoms with Crippen molar-refractivity contribution in [2.24, 2.45) is 0 Å². The fourth-order valence-electron chi connectivity index (χ4n) is 3.89. The fraction of sp³-hybridized carbons (Fsp3) is 0.304. The Morgan fingerprint density at radius 2 is 1.94 bits per heavy atom. The first-order valence-corrected chi connectivity index (χ1v) is 10.7. The summed E-state index contributed by atoms with van der Waals surface area (Å²) < 4.78 is 11.5. The SMILES string of the molecule is CN(C)CCCN1C(=O)C(=O)C(=C(O)c2ccc3c(c2)OCO3)C1c1cccc(Br)c1. The summed E-state index contributed by atoms with van der Waals surface area (Å²) in [6.45, 7) is 1.28. The molecule has 7 nitrogen and oxygen atoms in total. The molecule has 0 bridgehead atoms. The number of aliphatic hydroxyl groups excluding tert-OH is 1. The molecule has 1 fully saturated rings. The highest BCUT2D eigenvalue weighted by atomic mass is 79.9. The third-order valence-electron chi connectivity index (χ3n) is 5.35. The number of hydrogen-bond acceptors (Lipinski definition) is 6. The van der Waals surface area contributed by atoms with Crippen LogP contribution in [0.5, 0.6) is 11.5 Å². The Kier molecular flexibility index (Phi) is 6.02. The zero-order chi connectivity index (χ0) is 22.1. The Labute approximate surface area is 189 Å². The predicted octanol–water partition coefficient (Wildman–Crippen LogP) is 3.55. The van der Waals surface area contributed by atoms with E-state index < -0.39 is 17.7 Å². The van der Waals surface area contributed by atoms with E-state index in [1.807, 2.05) is 43.3 Å². The number of Topliss-reactive ketones (excluding diaryl/α,β-unsaturated/α-hetero) is 1. The van der Waals surface area contributed by atoms with Crippen molar-refractivity contribution in [1.29, 1.82) is 0 Å². The minimum absolute atomic E-state index is 0.0758. The normalized spacial score (nSPS) is 19.5. The maximum absolute atomic E-state index is 13.0. The van der Waals surface area contributed by atoms with Crippen molar-refractivity contribution < 1.29 is 24.2 Å². The van der Waals surface area contributed by atoms with Gasteiger partial charge in [0.25, 0.3) is 11.7 Å². The van der Waals surface area contributed by atoms with Gasteiger partial charge in [0.2, 0.25) is 6.79 Å². The van der Waals surface area contributed by atoms with Crippen molar-refractivity contribution in [2.75, 3.05) is 34.0 Å². The lowest BCUT2D eigenvalue weighted by atomic mass is 9.95. The summed E-state index contributed by atoms with van der Waals surface area (Å²) in [6, 6.07) is 11.7. The highest BCUT2D eigenvalue weighted by molar-refractivity contribution is 9.10. The molecule has 1 amide bonds. The summed E-state index contributed by atoms with van der Waals surface area (Å²) in [5.74, 6) is -0.458. The summed E-state index contributed by atoms with van der Waals surface area (Å²) in [5.41, 5.74) is 1.23. The predicted molar refractivity (Wildman–Crippen MR) is 119 cm³/mol. The molecule has 2 aromatic carbocycles. The van der Waals surface area contributed by atoms with Gasteiger partial charge in [-0.3, -0.25) is 9.59 Å². The number of rotatable bonds is 6. The van der Waals surface area contributed by atoms with E-state index in [0.717, 1.165) is 16.6 Å². The molecule has 4 rings (SSSR count). The number of carbonyl (C=O) groups excluding carboxylic acids is 2. The number of carbonyl (C=O) groups is 2. The van der Waals surface area contributed by atoms with E-state index in [1.165, 1.54) is 0 Å². The average Bonchev–Trinajstić information content (AvgIpc) is 3.30. The second kappa shape index (κ2) is 8.72. The molecule has 8 heteroatoms. The van der Waals surface area contributed by atoms with Gasteiger partial charge in [0.15, 0.2) is 11.5 Å². The van der Waals surface area contributed by atoms with E-state index in [1.54, 1.807) is 23.1 Å². The van der Waals surface area contributed by atoms with E-state index in [9.17, 15) is 14.7 Å². The van der Waals surface area contributed by atoms with Gasteiger partial charge in [0, 0.05) is 16.6 Å². The van der Waals surface area contributed by atoms with Gasteiger partial charge in [-0.2, -0.15) is 0 Å². The van der Waals surface area contributed by atoms with Crippen molar-refractivity contribution in [1.82, 2.24) is 9.80 Å². The van der Waals surface area contributed by atoms with Crippen molar-refractivity contribution in [3.05, 3.63) is 63.6 Å². The number of hydrogen-bond donors (Lipinski definition) is 1. The maximum Gasteiger partial charge on any atom is 0.295 e. The molecule has 0 saturated carbocycles. The Hall–Kier alpha value is -2.84. The second-order valence-corrected chi connectivity index (χ2v) is 8.69. The molecule has 0 radical (unpaired) electrons. The van der Waals surface area contributed by atoms with Crippen LogP contribution in [-0.2, 0) is 9.59 Å². The van der Waals surface area contributed by atoms with Crippen LogP contribution in [0.4, 0.5) is 0 Å². The lowest BCUT2D eigenvalue weighted by molar-refractivity contribution is -0.139. The minimum atomic E-state index is -0.690. The lowest BCUT2D eigenvalue weighted by Gasteiger charge is -2.26. The number of fused-ring (bicyclic) bond motifs is 1. The first-order valence-electron chi connectivity index (χ1n) is 9.95. The third-order valence-corrected chi connectivity index (χ3v) is 5.85. The number of likely N-dealkylation sites (tertiary alicyclic amines) is 1. The zero-order valence-corrected chi connectivity index (χ0v) is 18.9. The van der Waals surface area contributed by atoms with Crippen molar-refractivity contribution >= 4 is 33.4 Å². The summed E-state index contributed by atoms with van der Waals surface area (Å²) >= 11 is 3.46. The zero-order valence-electron chi connectivity index (χ0n) is 17.3. The summed E-state index contributed by atoms with van der Waals surface area (Å²) in [7, 11) is 3.92. The number of amides is 1. The lowest BCUT2D eigenvalue weighted by Crippen LogP contribution is -2.32. The van der Waals surface area contributed by atoms with E-state index in [2.05, 4.69) is 15.9 Å². The molecule has 2 aliphatic heterocycles. The molecule has 2 aliphatic rings. The van der Waals surface area contributed by atoms with Crippen LogP contribution in [0.15, 0.2) is 52.5 Å². The van der Waals surface area contributed by atoms with Crippen molar-refractivity contribution in [3.63, 3.8) is 0 Å². The third kappa shape index (κ3) is 4.18. The fourth-order valence-corrected chi connectivity index (χ4v) is 4.31. The number of ketones is 1. The molecular formula is C23H23BrN2O5. The first kappa shape index (κ1) is 21.4. The maximum atomic E-state index is 13.0. The van der Waals surface area contributed by atoms with Gasteiger partial charge < -0.3 is 24.4 Å². The summed E-state index contributed by atoms with van der Waals surface area (Å²) in [6.07, 6.45) is 0.703. The monoisotopic (exact) mass is 486 g/mol. The standard InChI is InChI=1S/C23H23BrN2O5/c1-25(2)9-4-10-26-20(14-5-3-6-16(24)11-14)19(22(28)23(26)29)21(27)15-7-8-17-18(12-15)31-13-30-17/h3,5-8,11-12,20,27H,4,9-10,13H2,1-2H3. The summed E-state index contributed by atoms with van der Waals surface area (Å²) in [5, 5.41) is 11.1. The molecule has 0 aromatic heterocycles. The van der Waals surface area contributed by atoms with Gasteiger partial charge in [0.05, 0.1) is 11.6 Å². The Balaban J connectivity index is 1.79. The van der Waals surface area contributed by atoms with Crippen LogP contribution < -0.4 is 9.47 Å². The van der Waals surface area contributed by atoms with Crippen LogP contribution in [0.1, 0.15) is 23.6 Å². The summed E-state index contributed by atoms with van der Waals surface area (Å²) in [4.78, 5) is 29.6. The van der Waals surface area contributed by atoms with Crippen LogP contribution in [0.25, 0.3) is 5.76 Å². The molecule has 1 saturated heterocycles. The number of aliphatic hydroxyl groups is 1. The largest absolute Gasteiger partial charge is 0.507 e. The molecule has 0 spiro atoms. The molecular weight excluding hydrogens is 464 g/mol. The smallest absolute Gasteiger partial charge is 0.295 e. The van der Waals surface area contributed by atoms with Crippen LogP contribution in [-0.4, -0.2) is 60.6 Å². The molecule has 2 heterocycles. The van der Waals surface area contributed by atoms with E-state index in [4.69, 9.17) is 9.47 Å². The van der Waals surface area contributed by atoms with E-state index in [0.29, 0.717) is 30.0 Å². The minimum Gasteiger partial charge on any atom is -0.507 e. The molecule has 31 heavy (non-hydrogen) atoms. The van der Waals surface area contributed by atoms with Gasteiger partial charge in [-0.1, -0.05) is 28.1 Å². The van der Waals surface area contributed by atoms with Crippen molar-refractivity contribution in [3.8, 4) is 11.5 Å². The molecule has 1 atom stereocenters. The van der Waals surface area contributed by atoms with Gasteiger partial charge in [-0.15, -0.1) is 0 Å². The van der Waals surface area contributed by atoms with E-state index in [-0.39, 0.29) is 18.1 Å². The van der Waals surface area contributed by atoms with Gasteiger partial charge in [0.1, 0.15) is 5.76 Å². The van der Waals surface area contributed by atoms with Crippen LogP contribution >= 0.6 is 15.9 Å². The Morgan fingerprint density at radius 3 is 2.68 bits per heavy atom. The van der Waals surface area contributed by atoms with Crippen LogP contribution in [0, 0.1) is 0 Å². The van der Waals surface area contributed by atoms with E-state index >= 15 is 0 Å². The first-order chi connectivity index (χ1) is 14.9. The topological polar surface area (TPSA) is 79.3 Å². The molecule has 2 aromatic rings. The quantitative estimate of drug-likeness (QED) is 0.382. The average molecular weight is 487 g/mol. The Morgan fingerprint density at radius 1 is 1.16 bits per heavy atom. The second-order valence-electron chi connectivity index (χ2n) is 7.77. The number of ether oxygens (including phenoxy) is 2. The highest BCUT2D eigenvalue weighted by Crippen LogP contribution is 2.41. The number of halogens is 1. The van der Waals surface area contributed by atoms with Crippen molar-refractivity contribution in [2.45, 2.75) is 12.5 Å². The van der Waals surface area contributed by atoms with Crippen LogP contribution in [0.3, 0.4) is 0 Å². The van der Waals surface area contributed by atoms with Gasteiger partial charge in [-0.25, -0.2) is 0 Å². The number of nitrogens with zero attached hydrogens (tertiary/aromatic N) is 2. The van der Waals surface area contributed by atoms with Gasteiger partial charge >= 0.3 is 0 Å². The molecule has 162 valence electrons. The Bertz CT molecular complexity index is 1070. The highest BCUT2D eigenvalue weighted by Gasteiger charge is 2.45.